The van der Waals surface area contributed by atoms with Crippen LogP contribution in [0, 0.1) is 0 Å². The number of carbonyl (C=O) groups excluding carboxylic acids is 3. The summed E-state index contributed by atoms with van der Waals surface area (Å²) in [4.78, 5) is 32.9. The Balaban J connectivity index is 2.06. The van der Waals surface area contributed by atoms with Crippen molar-refractivity contribution in [3.63, 3.8) is 0 Å². The highest BCUT2D eigenvalue weighted by Crippen LogP contribution is 2.46. The molecule has 0 radical (unpaired) electrons. The maximum atomic E-state index is 11.2. The lowest BCUT2D eigenvalue weighted by molar-refractivity contribution is -0.126. The molecule has 68 valence electrons. The smallest absolute Gasteiger partial charge is 0.296 e. The average Bonchev–Trinajstić information content (AvgIpc) is 2.48. The van der Waals surface area contributed by atoms with Gasteiger partial charge in [-0.2, -0.15) is 0 Å². The highest BCUT2D eigenvalue weighted by atomic mass is 16.7. The van der Waals surface area contributed by atoms with E-state index in [-0.39, 0.29) is 0 Å². The van der Waals surface area contributed by atoms with Crippen molar-refractivity contribution in [2.24, 2.45) is 0 Å². The van der Waals surface area contributed by atoms with Gasteiger partial charge < -0.3 is 0 Å². The van der Waals surface area contributed by atoms with Crippen molar-refractivity contribution in [2.45, 2.75) is 11.6 Å². The van der Waals surface area contributed by atoms with Crippen LogP contribution in [0.25, 0.3) is 0 Å². The monoisotopic (exact) mass is 184 g/mol. The Morgan fingerprint density at radius 1 is 1.00 bits per heavy atom. The van der Waals surface area contributed by atoms with Gasteiger partial charge in [-0.3, -0.25) is 30.8 Å². The van der Waals surface area contributed by atoms with Crippen LogP contribution in [0.1, 0.15) is 0 Å². The molecule has 0 spiro atoms. The molecule has 0 saturated carbocycles. The molecular weight excluding hydrogens is 180 g/mol. The molecule has 8 nitrogen and oxygen atoms in total. The van der Waals surface area contributed by atoms with Gasteiger partial charge in [-0.15, -0.1) is 0 Å². The molecule has 3 fully saturated rings. The molecular formula is C5H4N4O4. The van der Waals surface area contributed by atoms with Gasteiger partial charge in [-0.05, 0) is 0 Å². The average molecular weight is 184 g/mol. The van der Waals surface area contributed by atoms with Gasteiger partial charge in [-0.25, -0.2) is 9.59 Å². The second-order valence-electron chi connectivity index (χ2n) is 2.95. The third-order valence-electron chi connectivity index (χ3n) is 2.18. The lowest BCUT2D eigenvalue weighted by atomic mass is 10.2. The molecule has 2 atom stereocenters. The minimum Gasteiger partial charge on any atom is -0.296 e. The van der Waals surface area contributed by atoms with Crippen molar-refractivity contribution < 1.29 is 19.1 Å². The van der Waals surface area contributed by atoms with Gasteiger partial charge in [0, 0.05) is 0 Å². The SMILES string of the molecule is O=C1NC(=O)C23NC(=O)NC2(N1)O3. The van der Waals surface area contributed by atoms with E-state index in [2.05, 4.69) is 16.0 Å². The molecule has 3 aliphatic rings. The number of carbonyl (C=O) groups is 3. The van der Waals surface area contributed by atoms with Crippen molar-refractivity contribution >= 4 is 18.0 Å². The van der Waals surface area contributed by atoms with Crippen molar-refractivity contribution in [1.29, 1.82) is 0 Å². The van der Waals surface area contributed by atoms with Crippen LogP contribution in [0.15, 0.2) is 0 Å². The number of hydrogen-bond donors (Lipinski definition) is 4. The molecule has 0 aliphatic carbocycles. The normalized spacial score (nSPS) is 45.1. The zero-order chi connectivity index (χ0) is 9.27. The number of rotatable bonds is 0. The first-order valence-corrected chi connectivity index (χ1v) is 3.52. The van der Waals surface area contributed by atoms with Crippen LogP contribution >= 0.6 is 0 Å². The van der Waals surface area contributed by atoms with Gasteiger partial charge in [-0.1, -0.05) is 0 Å². The fourth-order valence-corrected chi connectivity index (χ4v) is 1.57. The first kappa shape index (κ1) is 6.66. The zero-order valence-electron chi connectivity index (χ0n) is 6.13. The van der Waals surface area contributed by atoms with E-state index >= 15 is 0 Å². The largest absolute Gasteiger partial charge is 0.325 e. The second kappa shape index (κ2) is 1.46. The summed E-state index contributed by atoms with van der Waals surface area (Å²) < 4.78 is 4.95. The standard InChI is InChI=1S/C5H4N4O4/c10-1-4-5(13-4,8-2(11)6-1)9-3(12)7-4/h(H2,7,9,12)(H2,6,8,10,11). The molecule has 3 saturated heterocycles. The summed E-state index contributed by atoms with van der Waals surface area (Å²) >= 11 is 0. The fourth-order valence-electron chi connectivity index (χ4n) is 1.57. The van der Waals surface area contributed by atoms with E-state index in [0.29, 0.717) is 0 Å². The summed E-state index contributed by atoms with van der Waals surface area (Å²) in [6.45, 7) is 0. The fraction of sp³-hybridized carbons (Fsp3) is 0.400. The summed E-state index contributed by atoms with van der Waals surface area (Å²) in [6.07, 6.45) is 0. The van der Waals surface area contributed by atoms with E-state index in [0.717, 1.165) is 0 Å². The number of nitrogens with one attached hydrogen (secondary N) is 4. The van der Waals surface area contributed by atoms with Gasteiger partial charge in [0.25, 0.3) is 17.5 Å². The van der Waals surface area contributed by atoms with Gasteiger partial charge in [0.15, 0.2) is 0 Å². The maximum Gasteiger partial charge on any atom is 0.325 e. The van der Waals surface area contributed by atoms with Gasteiger partial charge in [0.05, 0.1) is 0 Å². The van der Waals surface area contributed by atoms with Gasteiger partial charge in [0.1, 0.15) is 0 Å². The summed E-state index contributed by atoms with van der Waals surface area (Å²) in [7, 11) is 0. The predicted octanol–water partition coefficient (Wildman–Crippen LogP) is -2.48. The molecule has 8 heteroatoms. The molecule has 4 N–H and O–H groups in total. The van der Waals surface area contributed by atoms with Crippen LogP contribution in [-0.2, 0) is 9.53 Å². The number of amides is 5. The third kappa shape index (κ3) is 0.519. The number of imide groups is 1. The van der Waals surface area contributed by atoms with E-state index in [9.17, 15) is 14.4 Å². The Morgan fingerprint density at radius 3 is 2.46 bits per heavy atom. The quantitative estimate of drug-likeness (QED) is 0.312. The van der Waals surface area contributed by atoms with Crippen LogP contribution in [0.3, 0.4) is 0 Å². The van der Waals surface area contributed by atoms with Crippen molar-refractivity contribution in [3.05, 3.63) is 0 Å². The molecule has 0 aromatic heterocycles. The first-order chi connectivity index (χ1) is 6.08. The minimum absolute atomic E-state index is 0.552. The zero-order valence-corrected chi connectivity index (χ0v) is 6.13. The molecule has 0 aromatic carbocycles. The molecule has 3 rings (SSSR count). The van der Waals surface area contributed by atoms with Crippen LogP contribution in [0.2, 0.25) is 0 Å². The number of hydrogen-bond acceptors (Lipinski definition) is 4. The maximum absolute atomic E-state index is 11.2. The predicted molar refractivity (Wildman–Crippen MR) is 34.9 cm³/mol. The van der Waals surface area contributed by atoms with Crippen molar-refractivity contribution in [3.8, 4) is 0 Å². The topological polar surface area (TPSA) is 112 Å². The van der Waals surface area contributed by atoms with E-state index in [1.165, 1.54) is 0 Å². The Bertz CT molecular complexity index is 368. The summed E-state index contributed by atoms with van der Waals surface area (Å²) in [6, 6.07) is -1.24. The highest BCUT2D eigenvalue weighted by Gasteiger charge is 2.84. The molecule has 3 heterocycles. The second-order valence-corrected chi connectivity index (χ2v) is 2.95. The van der Waals surface area contributed by atoms with Crippen molar-refractivity contribution in [1.82, 2.24) is 21.3 Å². The minimum atomic E-state index is -1.45. The van der Waals surface area contributed by atoms with E-state index in [1.54, 1.807) is 0 Å². The molecule has 13 heavy (non-hydrogen) atoms. The Kier molecular flexibility index (Phi) is 0.750. The molecule has 5 amide bonds. The van der Waals surface area contributed by atoms with E-state index in [1.807, 2.05) is 5.32 Å². The Hall–Kier alpha value is -1.83. The first-order valence-electron chi connectivity index (χ1n) is 3.52. The highest BCUT2D eigenvalue weighted by molar-refractivity contribution is 6.08. The lowest BCUT2D eigenvalue weighted by Crippen LogP contribution is -2.64. The molecule has 2 unspecified atom stereocenters. The Morgan fingerprint density at radius 2 is 1.69 bits per heavy atom. The van der Waals surface area contributed by atoms with Gasteiger partial charge in [0.2, 0.25) is 0 Å². The van der Waals surface area contributed by atoms with Crippen LogP contribution in [-0.4, -0.2) is 29.5 Å². The number of epoxide rings is 1. The van der Waals surface area contributed by atoms with Crippen LogP contribution in [0.5, 0.6) is 0 Å². The summed E-state index contributed by atoms with van der Waals surface area (Å²) in [5.74, 6) is -2.04. The molecule has 3 aliphatic heterocycles. The van der Waals surface area contributed by atoms with Crippen molar-refractivity contribution in [2.75, 3.05) is 0 Å². The number of ether oxygens (including phenoxy) is 1. The van der Waals surface area contributed by atoms with Gasteiger partial charge >= 0.3 is 12.1 Å². The molecule has 0 aromatic rings. The number of urea groups is 2. The van der Waals surface area contributed by atoms with Crippen LogP contribution in [0.4, 0.5) is 9.59 Å². The van der Waals surface area contributed by atoms with E-state index in [4.69, 9.17) is 4.74 Å². The lowest BCUT2D eigenvalue weighted by Gasteiger charge is -2.17. The van der Waals surface area contributed by atoms with E-state index < -0.39 is 29.5 Å². The molecule has 0 bridgehead atoms. The Labute approximate surface area is 71.0 Å². The third-order valence-corrected chi connectivity index (χ3v) is 2.18. The summed E-state index contributed by atoms with van der Waals surface area (Å²) in [5.41, 5.74) is -1.45. The van der Waals surface area contributed by atoms with Crippen LogP contribution < -0.4 is 21.3 Å². The summed E-state index contributed by atoms with van der Waals surface area (Å²) in [5, 5.41) is 8.83.